The Morgan fingerprint density at radius 1 is 1.14 bits per heavy atom. The van der Waals surface area contributed by atoms with Gasteiger partial charge in [-0.2, -0.15) is 0 Å². The number of rotatable bonds is 5. The Kier molecular flexibility index (Phi) is 5.12. The Balaban J connectivity index is 1.62. The highest BCUT2D eigenvalue weighted by Crippen LogP contribution is 2.30. The Morgan fingerprint density at radius 3 is 2.75 bits per heavy atom. The summed E-state index contributed by atoms with van der Waals surface area (Å²) in [5.74, 6) is 1.08. The molecule has 0 aliphatic heterocycles. The van der Waals surface area contributed by atoms with Gasteiger partial charge in [0, 0.05) is 21.8 Å². The average molecular weight is 437 g/mol. The number of aromatic nitrogens is 1. The van der Waals surface area contributed by atoms with Crippen molar-refractivity contribution in [2.45, 2.75) is 6.92 Å². The minimum absolute atomic E-state index is 0.0770. The number of hydrogen-bond acceptors (Lipinski definition) is 5. The fourth-order valence-corrected chi connectivity index (χ4v) is 3.04. The number of benzene rings is 3. The van der Waals surface area contributed by atoms with E-state index in [2.05, 4.69) is 25.9 Å². The van der Waals surface area contributed by atoms with Gasteiger partial charge in [-0.25, -0.2) is 4.98 Å². The van der Waals surface area contributed by atoms with E-state index in [1.165, 1.54) is 0 Å². The van der Waals surface area contributed by atoms with Crippen molar-refractivity contribution in [2.75, 3.05) is 6.61 Å². The van der Waals surface area contributed by atoms with Crippen LogP contribution in [0.2, 0.25) is 0 Å². The van der Waals surface area contributed by atoms with E-state index >= 15 is 0 Å². The van der Waals surface area contributed by atoms with Gasteiger partial charge in [0.05, 0.1) is 12.3 Å². The first kappa shape index (κ1) is 18.3. The lowest BCUT2D eigenvalue weighted by molar-refractivity contribution is 0.318. The molecule has 0 fully saturated rings. The highest BCUT2D eigenvalue weighted by molar-refractivity contribution is 9.10. The number of aliphatic imine (C=N–C) groups is 1. The lowest BCUT2D eigenvalue weighted by Gasteiger charge is -2.07. The normalized spacial score (nSPS) is 11.4. The predicted octanol–water partition coefficient (Wildman–Crippen LogP) is 6.11. The summed E-state index contributed by atoms with van der Waals surface area (Å²) in [4.78, 5) is 9.01. The average Bonchev–Trinajstić information content (AvgIpc) is 3.12. The minimum Gasteiger partial charge on any atom is -0.504 e. The van der Waals surface area contributed by atoms with Crippen molar-refractivity contribution in [1.82, 2.24) is 4.98 Å². The molecule has 5 nitrogen and oxygen atoms in total. The lowest BCUT2D eigenvalue weighted by Crippen LogP contribution is -1.93. The van der Waals surface area contributed by atoms with Gasteiger partial charge in [-0.3, -0.25) is 4.99 Å². The molecule has 0 unspecified atom stereocenters. The highest BCUT2D eigenvalue weighted by Gasteiger charge is 2.09. The zero-order chi connectivity index (χ0) is 19.5. The summed E-state index contributed by atoms with van der Waals surface area (Å²) in [7, 11) is 0. The standard InChI is InChI=1S/C22H17BrN2O3/c1-2-27-20-5-3-4-15(21(20)26)13-24-17-10-11-19-18(12-17)25-22(28-19)14-6-8-16(23)9-7-14/h3-13,26H,2H2,1H3. The summed E-state index contributed by atoms with van der Waals surface area (Å²) in [5.41, 5.74) is 3.62. The number of phenolic OH excluding ortho intramolecular Hbond substituents is 1. The molecular formula is C22H17BrN2O3. The van der Waals surface area contributed by atoms with Crippen LogP contribution >= 0.6 is 15.9 Å². The summed E-state index contributed by atoms with van der Waals surface area (Å²) in [5, 5.41) is 10.3. The molecule has 0 radical (unpaired) electrons. The van der Waals surface area contributed by atoms with Crippen molar-refractivity contribution in [3.05, 3.63) is 70.7 Å². The van der Waals surface area contributed by atoms with E-state index < -0.39 is 0 Å². The molecule has 0 spiro atoms. The smallest absolute Gasteiger partial charge is 0.227 e. The van der Waals surface area contributed by atoms with Crippen LogP contribution in [0.15, 0.2) is 74.5 Å². The van der Waals surface area contributed by atoms with Crippen LogP contribution in [-0.2, 0) is 0 Å². The topological polar surface area (TPSA) is 67.9 Å². The first-order valence-electron chi connectivity index (χ1n) is 8.79. The van der Waals surface area contributed by atoms with Gasteiger partial charge in [0.25, 0.3) is 0 Å². The van der Waals surface area contributed by atoms with Crippen LogP contribution in [0.1, 0.15) is 12.5 Å². The fourth-order valence-electron chi connectivity index (χ4n) is 2.77. The highest BCUT2D eigenvalue weighted by atomic mass is 79.9. The van der Waals surface area contributed by atoms with Crippen molar-refractivity contribution < 1.29 is 14.3 Å². The van der Waals surface area contributed by atoms with Crippen molar-refractivity contribution in [3.8, 4) is 23.0 Å². The third-order valence-electron chi connectivity index (χ3n) is 4.15. The molecule has 3 aromatic carbocycles. The first-order chi connectivity index (χ1) is 13.6. The maximum Gasteiger partial charge on any atom is 0.227 e. The second kappa shape index (κ2) is 7.86. The van der Waals surface area contributed by atoms with E-state index in [1.807, 2.05) is 55.5 Å². The first-order valence-corrected chi connectivity index (χ1v) is 9.58. The number of aromatic hydroxyl groups is 1. The molecule has 0 bridgehead atoms. The molecule has 4 rings (SSSR count). The van der Waals surface area contributed by atoms with Crippen LogP contribution in [0.4, 0.5) is 5.69 Å². The number of phenols is 1. The SMILES string of the molecule is CCOc1cccc(C=Nc2ccc3oc(-c4ccc(Br)cc4)nc3c2)c1O. The third-order valence-corrected chi connectivity index (χ3v) is 4.67. The second-order valence-electron chi connectivity index (χ2n) is 6.06. The summed E-state index contributed by atoms with van der Waals surface area (Å²) in [6, 6.07) is 18.6. The third kappa shape index (κ3) is 3.77. The van der Waals surface area contributed by atoms with Crippen LogP contribution in [0, 0.1) is 0 Å². The number of halogens is 1. The number of oxazole rings is 1. The molecule has 140 valence electrons. The van der Waals surface area contributed by atoms with Gasteiger partial charge in [0.15, 0.2) is 17.1 Å². The maximum absolute atomic E-state index is 10.3. The van der Waals surface area contributed by atoms with Gasteiger partial charge in [-0.1, -0.05) is 22.0 Å². The van der Waals surface area contributed by atoms with Crippen LogP contribution in [0.3, 0.4) is 0 Å². The molecule has 0 atom stereocenters. The Bertz CT molecular complexity index is 1150. The molecule has 0 saturated carbocycles. The van der Waals surface area contributed by atoms with E-state index in [0.29, 0.717) is 35.1 Å². The second-order valence-corrected chi connectivity index (χ2v) is 6.98. The van der Waals surface area contributed by atoms with Gasteiger partial charge in [0.1, 0.15) is 5.52 Å². The molecule has 0 amide bonds. The fraction of sp³-hybridized carbons (Fsp3) is 0.0909. The molecule has 1 N–H and O–H groups in total. The van der Waals surface area contributed by atoms with Gasteiger partial charge in [-0.05, 0) is 61.5 Å². The molecule has 6 heteroatoms. The Labute approximate surface area is 170 Å². The lowest BCUT2D eigenvalue weighted by atomic mass is 10.2. The van der Waals surface area contributed by atoms with Crippen molar-refractivity contribution >= 4 is 38.9 Å². The van der Waals surface area contributed by atoms with Gasteiger partial charge in [0.2, 0.25) is 5.89 Å². The monoisotopic (exact) mass is 436 g/mol. The zero-order valence-corrected chi connectivity index (χ0v) is 16.7. The number of ether oxygens (including phenoxy) is 1. The molecule has 4 aromatic rings. The molecule has 0 aliphatic rings. The van der Waals surface area contributed by atoms with Crippen LogP contribution in [-0.4, -0.2) is 22.9 Å². The molecule has 28 heavy (non-hydrogen) atoms. The van der Waals surface area contributed by atoms with Gasteiger partial charge >= 0.3 is 0 Å². The molecule has 1 aromatic heterocycles. The van der Waals surface area contributed by atoms with Crippen LogP contribution in [0.25, 0.3) is 22.6 Å². The van der Waals surface area contributed by atoms with Gasteiger partial charge in [-0.15, -0.1) is 0 Å². The van der Waals surface area contributed by atoms with Crippen molar-refractivity contribution in [1.29, 1.82) is 0 Å². The predicted molar refractivity (Wildman–Crippen MR) is 114 cm³/mol. The molecule has 0 aliphatic carbocycles. The molecule has 0 saturated heterocycles. The van der Waals surface area contributed by atoms with Crippen LogP contribution in [0.5, 0.6) is 11.5 Å². The summed E-state index contributed by atoms with van der Waals surface area (Å²) in [6.45, 7) is 2.35. The van der Waals surface area contributed by atoms with Gasteiger partial charge < -0.3 is 14.3 Å². The summed E-state index contributed by atoms with van der Waals surface area (Å²) < 4.78 is 12.2. The number of para-hydroxylation sites is 1. The summed E-state index contributed by atoms with van der Waals surface area (Å²) >= 11 is 3.42. The summed E-state index contributed by atoms with van der Waals surface area (Å²) in [6.07, 6.45) is 1.61. The number of hydrogen-bond donors (Lipinski definition) is 1. The Hall–Kier alpha value is -3.12. The molecular weight excluding hydrogens is 420 g/mol. The zero-order valence-electron chi connectivity index (χ0n) is 15.1. The minimum atomic E-state index is 0.0770. The Morgan fingerprint density at radius 2 is 1.96 bits per heavy atom. The molecule has 1 heterocycles. The number of fused-ring (bicyclic) bond motifs is 1. The maximum atomic E-state index is 10.3. The number of nitrogens with zero attached hydrogens (tertiary/aromatic N) is 2. The van der Waals surface area contributed by atoms with E-state index in [4.69, 9.17) is 9.15 Å². The van der Waals surface area contributed by atoms with Crippen molar-refractivity contribution in [2.24, 2.45) is 4.99 Å². The van der Waals surface area contributed by atoms with E-state index in [-0.39, 0.29) is 5.75 Å². The van der Waals surface area contributed by atoms with Crippen molar-refractivity contribution in [3.63, 3.8) is 0 Å². The quantitative estimate of drug-likeness (QED) is 0.383. The largest absolute Gasteiger partial charge is 0.504 e. The van der Waals surface area contributed by atoms with E-state index in [9.17, 15) is 5.11 Å². The van der Waals surface area contributed by atoms with E-state index in [1.54, 1.807) is 18.3 Å². The van der Waals surface area contributed by atoms with Crippen LogP contribution < -0.4 is 4.74 Å². The van der Waals surface area contributed by atoms with E-state index in [0.717, 1.165) is 15.6 Å².